The summed E-state index contributed by atoms with van der Waals surface area (Å²) in [6.07, 6.45) is 2.21. The molecule has 2 N–H and O–H groups in total. The number of nitrogens with one attached hydrogen (secondary N) is 2. The van der Waals surface area contributed by atoms with Gasteiger partial charge in [-0.1, -0.05) is 18.2 Å². The second kappa shape index (κ2) is 8.47. The van der Waals surface area contributed by atoms with Crippen molar-refractivity contribution in [2.24, 2.45) is 0 Å². The summed E-state index contributed by atoms with van der Waals surface area (Å²) in [6.45, 7) is 1.62. The molecule has 0 saturated carbocycles. The fourth-order valence-corrected chi connectivity index (χ4v) is 3.27. The monoisotopic (exact) mass is 355 g/mol. The first-order valence-corrected chi connectivity index (χ1v) is 8.79. The third kappa shape index (κ3) is 4.39. The predicted octanol–water partition coefficient (Wildman–Crippen LogP) is 3.49. The molecule has 1 unspecified atom stereocenters. The first-order valence-electron chi connectivity index (χ1n) is 8.79. The molecule has 1 saturated heterocycles. The van der Waals surface area contributed by atoms with E-state index in [1.807, 2.05) is 18.2 Å². The second-order valence-electron chi connectivity index (χ2n) is 6.26. The Balaban J connectivity index is 1.57. The minimum absolute atomic E-state index is 0.236. The van der Waals surface area contributed by atoms with Crippen LogP contribution in [0.5, 0.6) is 11.5 Å². The molecule has 1 fully saturated rings. The molecule has 26 heavy (non-hydrogen) atoms. The first-order chi connectivity index (χ1) is 12.7. The van der Waals surface area contributed by atoms with Crippen LogP contribution in [-0.4, -0.2) is 39.4 Å². The van der Waals surface area contributed by atoms with Crippen LogP contribution in [0.1, 0.15) is 12.8 Å². The number of methoxy groups -OCH3 is 2. The number of nitrogens with zero attached hydrogens (tertiary/aromatic N) is 1. The lowest BCUT2D eigenvalue weighted by Gasteiger charge is -2.27. The molecule has 1 heterocycles. The van der Waals surface area contributed by atoms with Gasteiger partial charge in [-0.15, -0.1) is 0 Å². The van der Waals surface area contributed by atoms with Gasteiger partial charge in [0.25, 0.3) is 0 Å². The molecule has 0 spiro atoms. The van der Waals surface area contributed by atoms with Crippen molar-refractivity contribution in [3.63, 3.8) is 0 Å². The van der Waals surface area contributed by atoms with E-state index in [0.717, 1.165) is 19.4 Å². The molecular formula is C20H25N3O3. The SMILES string of the molecule is COc1cc(NC(=O)NCC2CCCN2c2ccccc2)cc(OC)c1. The Kier molecular flexibility index (Phi) is 5.84. The number of urea groups is 1. The van der Waals surface area contributed by atoms with Crippen molar-refractivity contribution in [3.8, 4) is 11.5 Å². The van der Waals surface area contributed by atoms with Gasteiger partial charge in [0.1, 0.15) is 11.5 Å². The number of anilines is 2. The van der Waals surface area contributed by atoms with Crippen LogP contribution in [0.25, 0.3) is 0 Å². The van der Waals surface area contributed by atoms with E-state index in [2.05, 4.69) is 27.7 Å². The number of benzene rings is 2. The van der Waals surface area contributed by atoms with E-state index in [1.54, 1.807) is 32.4 Å². The van der Waals surface area contributed by atoms with E-state index in [-0.39, 0.29) is 6.03 Å². The number of rotatable bonds is 6. The van der Waals surface area contributed by atoms with Crippen molar-refractivity contribution in [2.75, 3.05) is 37.5 Å². The highest BCUT2D eigenvalue weighted by Gasteiger charge is 2.24. The zero-order valence-electron chi connectivity index (χ0n) is 15.2. The van der Waals surface area contributed by atoms with Crippen LogP contribution >= 0.6 is 0 Å². The van der Waals surface area contributed by atoms with Crippen molar-refractivity contribution < 1.29 is 14.3 Å². The molecule has 2 aromatic rings. The number of carbonyl (C=O) groups is 1. The van der Waals surface area contributed by atoms with Gasteiger partial charge in [0.2, 0.25) is 0 Å². The fraction of sp³-hybridized carbons (Fsp3) is 0.350. The first kappa shape index (κ1) is 17.9. The summed E-state index contributed by atoms with van der Waals surface area (Å²) in [7, 11) is 3.16. The summed E-state index contributed by atoms with van der Waals surface area (Å²) in [6, 6.07) is 15.7. The van der Waals surface area contributed by atoms with Crippen LogP contribution in [0.3, 0.4) is 0 Å². The zero-order valence-corrected chi connectivity index (χ0v) is 15.2. The molecule has 6 heteroatoms. The van der Waals surface area contributed by atoms with E-state index >= 15 is 0 Å². The van der Waals surface area contributed by atoms with Crippen LogP contribution in [0.15, 0.2) is 48.5 Å². The third-order valence-corrected chi connectivity index (χ3v) is 4.57. The zero-order chi connectivity index (χ0) is 18.4. The van der Waals surface area contributed by atoms with Gasteiger partial charge in [0.05, 0.1) is 14.2 Å². The number of hydrogen-bond donors (Lipinski definition) is 2. The van der Waals surface area contributed by atoms with Gasteiger partial charge >= 0.3 is 6.03 Å². The second-order valence-corrected chi connectivity index (χ2v) is 6.26. The smallest absolute Gasteiger partial charge is 0.319 e. The highest BCUT2D eigenvalue weighted by Crippen LogP contribution is 2.26. The van der Waals surface area contributed by atoms with E-state index in [0.29, 0.717) is 29.8 Å². The van der Waals surface area contributed by atoms with Crippen molar-refractivity contribution >= 4 is 17.4 Å². The topological polar surface area (TPSA) is 62.8 Å². The van der Waals surface area contributed by atoms with E-state index in [9.17, 15) is 4.79 Å². The molecule has 3 rings (SSSR count). The summed E-state index contributed by atoms with van der Waals surface area (Å²) in [5.41, 5.74) is 1.83. The Hall–Kier alpha value is -2.89. The predicted molar refractivity (Wildman–Crippen MR) is 103 cm³/mol. The molecule has 138 valence electrons. The highest BCUT2D eigenvalue weighted by molar-refractivity contribution is 5.89. The molecule has 0 aliphatic carbocycles. The lowest BCUT2D eigenvalue weighted by Crippen LogP contribution is -2.41. The Labute approximate surface area is 154 Å². The van der Waals surface area contributed by atoms with Crippen molar-refractivity contribution in [2.45, 2.75) is 18.9 Å². The van der Waals surface area contributed by atoms with Gasteiger partial charge in [-0.05, 0) is 25.0 Å². The van der Waals surface area contributed by atoms with E-state index < -0.39 is 0 Å². The summed E-state index contributed by atoms with van der Waals surface area (Å²) in [5, 5.41) is 5.82. The number of ether oxygens (including phenoxy) is 2. The fourth-order valence-electron chi connectivity index (χ4n) is 3.27. The minimum atomic E-state index is -0.236. The quantitative estimate of drug-likeness (QED) is 0.833. The maximum atomic E-state index is 12.3. The number of para-hydroxylation sites is 1. The van der Waals surface area contributed by atoms with Gasteiger partial charge in [-0.25, -0.2) is 4.79 Å². The largest absolute Gasteiger partial charge is 0.497 e. The maximum Gasteiger partial charge on any atom is 0.319 e. The molecule has 0 radical (unpaired) electrons. The maximum absolute atomic E-state index is 12.3. The Bertz CT molecular complexity index is 714. The lowest BCUT2D eigenvalue weighted by molar-refractivity contribution is 0.251. The van der Waals surface area contributed by atoms with Crippen LogP contribution in [0.4, 0.5) is 16.2 Å². The van der Waals surface area contributed by atoms with Gasteiger partial charge in [-0.3, -0.25) is 0 Å². The molecule has 6 nitrogen and oxygen atoms in total. The number of hydrogen-bond acceptors (Lipinski definition) is 4. The van der Waals surface area contributed by atoms with Gasteiger partial charge in [0, 0.05) is 48.7 Å². The standard InChI is InChI=1S/C20H25N3O3/c1-25-18-11-15(12-19(13-18)26-2)22-20(24)21-14-17-9-6-10-23(17)16-7-4-3-5-8-16/h3-5,7-8,11-13,17H,6,9-10,14H2,1-2H3,(H2,21,22,24). The van der Waals surface area contributed by atoms with Crippen molar-refractivity contribution in [3.05, 3.63) is 48.5 Å². The molecule has 1 aliphatic heterocycles. The molecular weight excluding hydrogens is 330 g/mol. The summed E-state index contributed by atoms with van der Waals surface area (Å²) >= 11 is 0. The number of carbonyl (C=O) groups excluding carboxylic acids is 1. The van der Waals surface area contributed by atoms with Crippen LogP contribution < -0.4 is 25.0 Å². The average Bonchev–Trinajstić information content (AvgIpc) is 3.15. The van der Waals surface area contributed by atoms with Crippen LogP contribution in [0.2, 0.25) is 0 Å². The van der Waals surface area contributed by atoms with E-state index in [4.69, 9.17) is 9.47 Å². The Morgan fingerprint density at radius 1 is 1.12 bits per heavy atom. The molecule has 1 atom stereocenters. The molecule has 2 aromatic carbocycles. The highest BCUT2D eigenvalue weighted by atomic mass is 16.5. The summed E-state index contributed by atoms with van der Waals surface area (Å²) in [4.78, 5) is 14.6. The summed E-state index contributed by atoms with van der Waals surface area (Å²) < 4.78 is 10.4. The van der Waals surface area contributed by atoms with Crippen molar-refractivity contribution in [1.29, 1.82) is 0 Å². The van der Waals surface area contributed by atoms with Gasteiger partial charge in [0.15, 0.2) is 0 Å². The van der Waals surface area contributed by atoms with Crippen LogP contribution in [0, 0.1) is 0 Å². The molecule has 2 amide bonds. The molecule has 0 aromatic heterocycles. The lowest BCUT2D eigenvalue weighted by atomic mass is 10.2. The van der Waals surface area contributed by atoms with Gasteiger partial charge < -0.3 is 25.0 Å². The van der Waals surface area contributed by atoms with E-state index in [1.165, 1.54) is 5.69 Å². The normalized spacial score (nSPS) is 16.2. The minimum Gasteiger partial charge on any atom is -0.497 e. The van der Waals surface area contributed by atoms with Crippen LogP contribution in [-0.2, 0) is 0 Å². The molecule has 0 bridgehead atoms. The number of amides is 2. The Morgan fingerprint density at radius 3 is 2.46 bits per heavy atom. The average molecular weight is 355 g/mol. The molecule has 1 aliphatic rings. The Morgan fingerprint density at radius 2 is 1.81 bits per heavy atom. The van der Waals surface area contributed by atoms with Crippen molar-refractivity contribution in [1.82, 2.24) is 5.32 Å². The van der Waals surface area contributed by atoms with Gasteiger partial charge in [-0.2, -0.15) is 0 Å². The summed E-state index contributed by atoms with van der Waals surface area (Å²) in [5.74, 6) is 1.26. The third-order valence-electron chi connectivity index (χ3n) is 4.57.